The van der Waals surface area contributed by atoms with Crippen molar-refractivity contribution in [3.63, 3.8) is 0 Å². The van der Waals surface area contributed by atoms with Gasteiger partial charge in [0.25, 0.3) is 11.6 Å². The lowest BCUT2D eigenvalue weighted by atomic mass is 10.2. The summed E-state index contributed by atoms with van der Waals surface area (Å²) < 4.78 is 10.3. The number of hydrogen-bond donors (Lipinski definition) is 1. The van der Waals surface area contributed by atoms with E-state index in [1.807, 2.05) is 6.92 Å². The number of pyridine rings is 1. The number of nitrogens with zero attached hydrogens (tertiary/aromatic N) is 2. The van der Waals surface area contributed by atoms with Crippen molar-refractivity contribution in [2.75, 3.05) is 19.8 Å². The fourth-order valence-electron chi connectivity index (χ4n) is 1.65. The van der Waals surface area contributed by atoms with Crippen LogP contribution in [-0.2, 0) is 4.74 Å². The van der Waals surface area contributed by atoms with Gasteiger partial charge >= 0.3 is 0 Å². The number of amides is 1. The highest BCUT2D eigenvalue weighted by molar-refractivity contribution is 5.96. The average Bonchev–Trinajstić information content (AvgIpc) is 2.79. The number of aromatic nitrogens is 2. The molecule has 0 spiro atoms. The van der Waals surface area contributed by atoms with Gasteiger partial charge in [0.15, 0.2) is 0 Å². The summed E-state index contributed by atoms with van der Waals surface area (Å²) >= 11 is 0. The van der Waals surface area contributed by atoms with E-state index in [9.17, 15) is 4.79 Å². The number of carbonyl (C=O) groups excluding carboxylic acids is 1. The first kappa shape index (κ1) is 14.2. The Morgan fingerprint density at radius 3 is 3.10 bits per heavy atom. The van der Waals surface area contributed by atoms with Crippen LogP contribution in [0.4, 0.5) is 0 Å². The van der Waals surface area contributed by atoms with Crippen LogP contribution in [0.25, 0.3) is 11.1 Å². The molecule has 106 valence electrons. The topological polar surface area (TPSA) is 77.2 Å². The zero-order chi connectivity index (χ0) is 14.5. The number of aryl methyl sites for hydroxylation is 1. The molecule has 0 saturated heterocycles. The van der Waals surface area contributed by atoms with Gasteiger partial charge in [-0.25, -0.2) is 4.98 Å². The number of ether oxygens (including phenoxy) is 1. The lowest BCUT2D eigenvalue weighted by molar-refractivity contribution is 0.0926. The smallest absolute Gasteiger partial charge is 0.257 e. The van der Waals surface area contributed by atoms with Crippen LogP contribution in [0.15, 0.2) is 28.9 Å². The van der Waals surface area contributed by atoms with Crippen molar-refractivity contribution in [2.45, 2.75) is 13.8 Å². The van der Waals surface area contributed by atoms with Crippen LogP contribution in [-0.4, -0.2) is 35.8 Å². The number of rotatable bonds is 6. The third-order valence-corrected chi connectivity index (χ3v) is 2.65. The molecule has 0 aromatic carbocycles. The fourth-order valence-corrected chi connectivity index (χ4v) is 1.65. The molecule has 2 rings (SSSR count). The Labute approximate surface area is 116 Å². The van der Waals surface area contributed by atoms with Crippen LogP contribution in [0.2, 0.25) is 0 Å². The quantitative estimate of drug-likeness (QED) is 0.643. The fraction of sp³-hybridized carbons (Fsp3) is 0.357. The third-order valence-electron chi connectivity index (χ3n) is 2.65. The highest BCUT2D eigenvalue weighted by atomic mass is 16.5. The van der Waals surface area contributed by atoms with Gasteiger partial charge in [-0.1, -0.05) is 17.3 Å². The summed E-state index contributed by atoms with van der Waals surface area (Å²) in [4.78, 5) is 16.0. The largest absolute Gasteiger partial charge is 0.375 e. The summed E-state index contributed by atoms with van der Waals surface area (Å²) in [6, 6.07) is 1.72. The van der Waals surface area contributed by atoms with Gasteiger partial charge in [0.1, 0.15) is 0 Å². The van der Waals surface area contributed by atoms with Gasteiger partial charge in [-0.15, -0.1) is 0 Å². The summed E-state index contributed by atoms with van der Waals surface area (Å²) in [5.41, 5.74) is 2.58. The Kier molecular flexibility index (Phi) is 4.47. The molecule has 1 N–H and O–H groups in total. The van der Waals surface area contributed by atoms with Crippen LogP contribution in [0.5, 0.6) is 0 Å². The van der Waals surface area contributed by atoms with E-state index in [4.69, 9.17) is 9.26 Å². The monoisotopic (exact) mass is 275 g/mol. The maximum absolute atomic E-state index is 11.9. The first-order chi connectivity index (χ1) is 9.58. The van der Waals surface area contributed by atoms with Crippen LogP contribution >= 0.6 is 0 Å². The molecule has 0 aliphatic heterocycles. The third kappa shape index (κ3) is 3.42. The van der Waals surface area contributed by atoms with Gasteiger partial charge in [0.05, 0.1) is 29.9 Å². The minimum Gasteiger partial charge on any atom is -0.375 e. The maximum Gasteiger partial charge on any atom is 0.257 e. The Morgan fingerprint density at radius 1 is 1.55 bits per heavy atom. The van der Waals surface area contributed by atoms with Crippen molar-refractivity contribution in [1.82, 2.24) is 15.5 Å². The molecule has 6 heteroatoms. The molecule has 1 amide bonds. The normalized spacial score (nSPS) is 10.7. The zero-order valence-corrected chi connectivity index (χ0v) is 11.6. The van der Waals surface area contributed by atoms with E-state index in [0.717, 1.165) is 11.0 Å². The highest BCUT2D eigenvalue weighted by Gasteiger charge is 2.11. The minimum absolute atomic E-state index is 0.195. The van der Waals surface area contributed by atoms with Gasteiger partial charge in [-0.05, 0) is 19.9 Å². The summed E-state index contributed by atoms with van der Waals surface area (Å²) in [6.07, 6.45) is 1.47. The predicted molar refractivity (Wildman–Crippen MR) is 74.5 cm³/mol. The van der Waals surface area contributed by atoms with E-state index in [1.54, 1.807) is 13.0 Å². The van der Waals surface area contributed by atoms with E-state index >= 15 is 0 Å². The number of nitrogens with one attached hydrogen (secondary N) is 1. The van der Waals surface area contributed by atoms with Crippen LogP contribution in [0.1, 0.15) is 23.0 Å². The molecular formula is C14H17N3O3. The second kappa shape index (κ2) is 6.29. The number of carbonyl (C=O) groups is 1. The van der Waals surface area contributed by atoms with E-state index in [1.165, 1.54) is 6.20 Å². The molecule has 0 radical (unpaired) electrons. The summed E-state index contributed by atoms with van der Waals surface area (Å²) in [7, 11) is 0. The van der Waals surface area contributed by atoms with Crippen molar-refractivity contribution in [3.8, 4) is 0 Å². The molecule has 0 saturated carbocycles. The summed E-state index contributed by atoms with van der Waals surface area (Å²) in [6.45, 7) is 8.81. The van der Waals surface area contributed by atoms with E-state index in [2.05, 4.69) is 22.0 Å². The molecule has 0 atom stereocenters. The Balaban J connectivity index is 1.90. The van der Waals surface area contributed by atoms with Crippen molar-refractivity contribution in [2.24, 2.45) is 0 Å². The minimum atomic E-state index is -0.195. The van der Waals surface area contributed by atoms with Crippen molar-refractivity contribution < 1.29 is 14.1 Å². The Bertz CT molecular complexity index is 634. The molecule has 20 heavy (non-hydrogen) atoms. The van der Waals surface area contributed by atoms with Gasteiger partial charge in [0.2, 0.25) is 0 Å². The van der Waals surface area contributed by atoms with Crippen molar-refractivity contribution in [3.05, 3.63) is 35.7 Å². The van der Waals surface area contributed by atoms with Gasteiger partial charge in [-0.2, -0.15) is 0 Å². The van der Waals surface area contributed by atoms with Crippen molar-refractivity contribution >= 4 is 17.0 Å². The lowest BCUT2D eigenvalue weighted by Gasteiger charge is -2.06. The Hall–Kier alpha value is -2.21. The lowest BCUT2D eigenvalue weighted by Crippen LogP contribution is -2.27. The maximum atomic E-state index is 11.9. The predicted octanol–water partition coefficient (Wildman–Crippen LogP) is 1.85. The molecule has 0 aliphatic carbocycles. The molecule has 0 aliphatic rings. The molecule has 0 fully saturated rings. The van der Waals surface area contributed by atoms with Crippen LogP contribution in [0.3, 0.4) is 0 Å². The second-order valence-electron chi connectivity index (χ2n) is 4.61. The summed E-state index contributed by atoms with van der Waals surface area (Å²) in [5.74, 6) is -0.195. The molecular weight excluding hydrogens is 258 g/mol. The standard InChI is InChI=1S/C14H17N3O3/c1-9(2)8-19-5-4-15-13(18)11-6-12-10(3)17-20-14(12)16-7-11/h6-7H,1,4-5,8H2,2-3H3,(H,15,18). The zero-order valence-electron chi connectivity index (χ0n) is 11.6. The first-order valence-corrected chi connectivity index (χ1v) is 6.30. The number of hydrogen-bond acceptors (Lipinski definition) is 5. The van der Waals surface area contributed by atoms with E-state index in [0.29, 0.717) is 36.7 Å². The molecule has 6 nitrogen and oxygen atoms in total. The second-order valence-corrected chi connectivity index (χ2v) is 4.61. The van der Waals surface area contributed by atoms with Gasteiger partial charge < -0.3 is 14.6 Å². The van der Waals surface area contributed by atoms with Gasteiger partial charge in [0, 0.05) is 12.7 Å². The van der Waals surface area contributed by atoms with Gasteiger partial charge in [-0.3, -0.25) is 4.79 Å². The van der Waals surface area contributed by atoms with E-state index in [-0.39, 0.29) is 5.91 Å². The molecule has 0 bridgehead atoms. The molecule has 2 aromatic rings. The first-order valence-electron chi connectivity index (χ1n) is 6.30. The van der Waals surface area contributed by atoms with E-state index < -0.39 is 0 Å². The SMILES string of the molecule is C=C(C)COCCNC(=O)c1cnc2onc(C)c2c1. The van der Waals surface area contributed by atoms with Crippen LogP contribution < -0.4 is 5.32 Å². The average molecular weight is 275 g/mol. The van der Waals surface area contributed by atoms with Crippen LogP contribution in [0, 0.1) is 6.92 Å². The summed E-state index contributed by atoms with van der Waals surface area (Å²) in [5, 5.41) is 7.31. The number of fused-ring (bicyclic) bond motifs is 1. The Morgan fingerprint density at radius 2 is 2.35 bits per heavy atom. The molecule has 0 unspecified atom stereocenters. The molecule has 2 aromatic heterocycles. The van der Waals surface area contributed by atoms with Crippen molar-refractivity contribution in [1.29, 1.82) is 0 Å². The highest BCUT2D eigenvalue weighted by Crippen LogP contribution is 2.16. The molecule has 2 heterocycles.